The van der Waals surface area contributed by atoms with Crippen LogP contribution in [-0.4, -0.2) is 42.9 Å². The molecule has 1 atom stereocenters. The molecule has 1 aliphatic heterocycles. The summed E-state index contributed by atoms with van der Waals surface area (Å²) in [6, 6.07) is 4.93. The van der Waals surface area contributed by atoms with Gasteiger partial charge < -0.3 is 9.84 Å². The van der Waals surface area contributed by atoms with Gasteiger partial charge in [-0.05, 0) is 30.5 Å². The van der Waals surface area contributed by atoms with Gasteiger partial charge in [-0.2, -0.15) is 0 Å². The van der Waals surface area contributed by atoms with Gasteiger partial charge in [-0.1, -0.05) is 12.1 Å². The predicted molar refractivity (Wildman–Crippen MR) is 68.0 cm³/mol. The molecule has 0 amide bonds. The predicted octanol–water partition coefficient (Wildman–Crippen LogP) is 1.89. The number of hydrogen-bond acceptors (Lipinski definition) is 3. The van der Waals surface area contributed by atoms with E-state index >= 15 is 0 Å². The lowest BCUT2D eigenvalue weighted by Gasteiger charge is -2.27. The Labute approximate surface area is 107 Å². The van der Waals surface area contributed by atoms with Crippen LogP contribution in [0.3, 0.4) is 0 Å². The summed E-state index contributed by atoms with van der Waals surface area (Å²) in [4.78, 5) is 2.26. The minimum Gasteiger partial charge on any atom is -0.388 e. The van der Waals surface area contributed by atoms with E-state index in [-0.39, 0.29) is 5.82 Å². The van der Waals surface area contributed by atoms with E-state index in [2.05, 4.69) is 4.90 Å². The Morgan fingerprint density at radius 1 is 1.39 bits per heavy atom. The fourth-order valence-electron chi connectivity index (χ4n) is 2.11. The minimum atomic E-state index is -0.594. The lowest BCUT2D eigenvalue weighted by atomic mass is 10.0. The SMILES string of the molecule is Cc1ccc(C(O)CCN2CCOCC2)cc1F. The molecule has 1 aliphatic rings. The average molecular weight is 253 g/mol. The van der Waals surface area contributed by atoms with Gasteiger partial charge >= 0.3 is 0 Å². The van der Waals surface area contributed by atoms with Gasteiger partial charge in [0.2, 0.25) is 0 Å². The zero-order valence-corrected chi connectivity index (χ0v) is 10.7. The Balaban J connectivity index is 1.86. The van der Waals surface area contributed by atoms with Crippen LogP contribution in [0.25, 0.3) is 0 Å². The summed E-state index contributed by atoms with van der Waals surface area (Å²) in [7, 11) is 0. The van der Waals surface area contributed by atoms with E-state index in [1.54, 1.807) is 19.1 Å². The van der Waals surface area contributed by atoms with E-state index in [0.717, 1.165) is 32.8 Å². The van der Waals surface area contributed by atoms with Crippen molar-refractivity contribution >= 4 is 0 Å². The molecular weight excluding hydrogens is 233 g/mol. The van der Waals surface area contributed by atoms with Crippen molar-refractivity contribution in [3.8, 4) is 0 Å². The van der Waals surface area contributed by atoms with E-state index in [1.165, 1.54) is 6.07 Å². The van der Waals surface area contributed by atoms with Gasteiger partial charge in [0, 0.05) is 19.6 Å². The van der Waals surface area contributed by atoms with Crippen molar-refractivity contribution < 1.29 is 14.2 Å². The Morgan fingerprint density at radius 3 is 2.78 bits per heavy atom. The number of hydrogen-bond donors (Lipinski definition) is 1. The van der Waals surface area contributed by atoms with Crippen LogP contribution in [0, 0.1) is 12.7 Å². The Hall–Kier alpha value is -0.970. The normalized spacial score (nSPS) is 18.8. The van der Waals surface area contributed by atoms with Crippen molar-refractivity contribution in [2.45, 2.75) is 19.4 Å². The highest BCUT2D eigenvalue weighted by Crippen LogP contribution is 2.19. The summed E-state index contributed by atoms with van der Waals surface area (Å²) in [5, 5.41) is 10.0. The maximum absolute atomic E-state index is 13.4. The van der Waals surface area contributed by atoms with Crippen LogP contribution in [0.1, 0.15) is 23.7 Å². The zero-order valence-electron chi connectivity index (χ0n) is 10.7. The summed E-state index contributed by atoms with van der Waals surface area (Å²) in [5.74, 6) is -0.252. The summed E-state index contributed by atoms with van der Waals surface area (Å²) in [5.41, 5.74) is 1.27. The summed E-state index contributed by atoms with van der Waals surface area (Å²) < 4.78 is 18.7. The van der Waals surface area contributed by atoms with Crippen LogP contribution >= 0.6 is 0 Å². The van der Waals surface area contributed by atoms with Crippen LogP contribution in [-0.2, 0) is 4.74 Å². The number of ether oxygens (including phenoxy) is 1. The average Bonchev–Trinajstić information content (AvgIpc) is 2.40. The van der Waals surface area contributed by atoms with Gasteiger partial charge in [-0.3, -0.25) is 4.90 Å². The highest BCUT2D eigenvalue weighted by molar-refractivity contribution is 5.24. The van der Waals surface area contributed by atoms with Crippen molar-refractivity contribution in [1.82, 2.24) is 4.90 Å². The number of halogens is 1. The molecule has 3 nitrogen and oxygen atoms in total. The van der Waals surface area contributed by atoms with Crippen LogP contribution in [0.5, 0.6) is 0 Å². The van der Waals surface area contributed by atoms with Crippen molar-refractivity contribution in [3.05, 3.63) is 35.1 Å². The third-order valence-electron chi connectivity index (χ3n) is 3.40. The molecule has 1 fully saturated rings. The van der Waals surface area contributed by atoms with Crippen LogP contribution in [0.2, 0.25) is 0 Å². The molecule has 1 aromatic rings. The first kappa shape index (κ1) is 13.5. The van der Waals surface area contributed by atoms with E-state index in [9.17, 15) is 9.50 Å². The van der Waals surface area contributed by atoms with Crippen LogP contribution in [0.4, 0.5) is 4.39 Å². The third-order valence-corrected chi connectivity index (χ3v) is 3.40. The lowest BCUT2D eigenvalue weighted by Crippen LogP contribution is -2.37. The Kier molecular flexibility index (Phi) is 4.69. The Bertz CT molecular complexity index is 391. The first-order chi connectivity index (χ1) is 8.66. The molecule has 1 saturated heterocycles. The van der Waals surface area contributed by atoms with Gasteiger partial charge in [-0.25, -0.2) is 4.39 Å². The molecule has 0 radical (unpaired) electrons. The van der Waals surface area contributed by atoms with Crippen molar-refractivity contribution in [2.75, 3.05) is 32.8 Å². The maximum atomic E-state index is 13.4. The number of morpholine rings is 1. The maximum Gasteiger partial charge on any atom is 0.126 e. The summed E-state index contributed by atoms with van der Waals surface area (Å²) >= 11 is 0. The Morgan fingerprint density at radius 2 is 2.11 bits per heavy atom. The highest BCUT2D eigenvalue weighted by atomic mass is 19.1. The minimum absolute atomic E-state index is 0.252. The number of rotatable bonds is 4. The molecule has 1 N–H and O–H groups in total. The molecule has 0 bridgehead atoms. The first-order valence-electron chi connectivity index (χ1n) is 6.41. The van der Waals surface area contributed by atoms with Gasteiger partial charge in [0.05, 0.1) is 19.3 Å². The number of benzene rings is 1. The highest BCUT2D eigenvalue weighted by Gasteiger charge is 2.14. The summed E-state index contributed by atoms with van der Waals surface area (Å²) in [6.45, 7) is 5.88. The number of nitrogens with zero attached hydrogens (tertiary/aromatic N) is 1. The number of aryl methyl sites for hydroxylation is 1. The second-order valence-corrected chi connectivity index (χ2v) is 4.77. The molecule has 18 heavy (non-hydrogen) atoms. The fraction of sp³-hybridized carbons (Fsp3) is 0.571. The fourth-order valence-corrected chi connectivity index (χ4v) is 2.11. The van der Waals surface area contributed by atoms with Gasteiger partial charge in [-0.15, -0.1) is 0 Å². The lowest BCUT2D eigenvalue weighted by molar-refractivity contribution is 0.0300. The topological polar surface area (TPSA) is 32.7 Å². The van der Waals surface area contributed by atoms with Crippen molar-refractivity contribution in [2.24, 2.45) is 0 Å². The van der Waals surface area contributed by atoms with Crippen molar-refractivity contribution in [3.63, 3.8) is 0 Å². The van der Waals surface area contributed by atoms with Gasteiger partial charge in [0.1, 0.15) is 5.82 Å². The largest absolute Gasteiger partial charge is 0.388 e. The standard InChI is InChI=1S/C14H20FNO2/c1-11-2-3-12(10-13(11)15)14(17)4-5-16-6-8-18-9-7-16/h2-3,10,14,17H,4-9H2,1H3. The van der Waals surface area contributed by atoms with E-state index in [0.29, 0.717) is 17.5 Å². The van der Waals surface area contributed by atoms with Gasteiger partial charge in [0.25, 0.3) is 0 Å². The molecule has 0 aliphatic carbocycles. The second kappa shape index (κ2) is 6.27. The summed E-state index contributed by atoms with van der Waals surface area (Å²) in [6.07, 6.45) is 0.0330. The number of aliphatic hydroxyl groups is 1. The molecule has 4 heteroatoms. The first-order valence-corrected chi connectivity index (χ1v) is 6.41. The molecule has 0 saturated carbocycles. The molecule has 0 aromatic heterocycles. The monoisotopic (exact) mass is 253 g/mol. The molecule has 0 spiro atoms. The zero-order chi connectivity index (χ0) is 13.0. The molecule has 1 aromatic carbocycles. The molecule has 1 heterocycles. The smallest absolute Gasteiger partial charge is 0.126 e. The third kappa shape index (κ3) is 3.51. The van der Waals surface area contributed by atoms with E-state index in [4.69, 9.17) is 4.74 Å². The van der Waals surface area contributed by atoms with E-state index < -0.39 is 6.10 Å². The second-order valence-electron chi connectivity index (χ2n) is 4.77. The van der Waals surface area contributed by atoms with Crippen molar-refractivity contribution in [1.29, 1.82) is 0 Å². The quantitative estimate of drug-likeness (QED) is 0.889. The molecule has 100 valence electrons. The van der Waals surface area contributed by atoms with Gasteiger partial charge in [0.15, 0.2) is 0 Å². The molecule has 1 unspecified atom stereocenters. The van der Waals surface area contributed by atoms with Crippen LogP contribution in [0.15, 0.2) is 18.2 Å². The molecular formula is C14H20FNO2. The number of aliphatic hydroxyl groups excluding tert-OH is 1. The van der Waals surface area contributed by atoms with Crippen LogP contribution < -0.4 is 0 Å². The molecule has 2 rings (SSSR count). The van der Waals surface area contributed by atoms with E-state index in [1.807, 2.05) is 0 Å².